The fraction of sp³-hybridized carbons (Fsp3) is 0.455. The topological polar surface area (TPSA) is 59.3 Å². The predicted octanol–water partition coefficient (Wildman–Crippen LogP) is 6.14. The third-order valence-electron chi connectivity index (χ3n) is 6.41. The Morgan fingerprint density at radius 2 is 2.11 bits per heavy atom. The zero-order chi connectivity index (χ0) is 20.1. The first-order chi connectivity index (χ1) is 13.2. The minimum Gasteiger partial charge on any atom is -0.461 e. The monoisotopic (exact) mass is 417 g/mol. The zero-order valence-electron chi connectivity index (χ0n) is 16.8. The van der Waals surface area contributed by atoms with Crippen LogP contribution in [0.3, 0.4) is 0 Å². The Morgan fingerprint density at radius 1 is 1.32 bits per heavy atom. The molecule has 1 aliphatic carbocycles. The molecule has 6 heteroatoms. The minimum absolute atomic E-state index is 0.287. The van der Waals surface area contributed by atoms with Gasteiger partial charge in [0.05, 0.1) is 5.69 Å². The maximum absolute atomic E-state index is 12.7. The first-order valence-corrected chi connectivity index (χ1v) is 12.2. The van der Waals surface area contributed by atoms with Gasteiger partial charge in [-0.1, -0.05) is 33.3 Å². The van der Waals surface area contributed by atoms with Crippen LogP contribution in [0.25, 0.3) is 11.0 Å². The molecule has 2 heterocycles. The van der Waals surface area contributed by atoms with Crippen LogP contribution in [-0.2, 0) is 22.9 Å². The van der Waals surface area contributed by atoms with Crippen molar-refractivity contribution in [2.75, 3.05) is 4.72 Å². The van der Waals surface area contributed by atoms with E-state index < -0.39 is 10.0 Å². The summed E-state index contributed by atoms with van der Waals surface area (Å²) in [6, 6.07) is 7.29. The van der Waals surface area contributed by atoms with Crippen LogP contribution in [0.15, 0.2) is 38.3 Å². The molecule has 4 rings (SSSR count). The molecule has 1 aromatic carbocycles. The molecule has 28 heavy (non-hydrogen) atoms. The molecule has 0 bridgehead atoms. The maximum Gasteiger partial charge on any atom is 0.271 e. The van der Waals surface area contributed by atoms with E-state index in [-0.39, 0.29) is 5.41 Å². The van der Waals surface area contributed by atoms with Gasteiger partial charge in [0.25, 0.3) is 10.0 Å². The number of thiophene rings is 1. The fourth-order valence-electron chi connectivity index (χ4n) is 4.10. The molecule has 0 saturated heterocycles. The highest BCUT2D eigenvalue weighted by Gasteiger charge is 2.33. The van der Waals surface area contributed by atoms with E-state index in [0.717, 1.165) is 48.0 Å². The van der Waals surface area contributed by atoms with E-state index in [0.29, 0.717) is 15.8 Å². The summed E-state index contributed by atoms with van der Waals surface area (Å²) in [4.78, 5) is 0. The molecule has 1 unspecified atom stereocenters. The molecule has 3 aromatic rings. The first-order valence-electron chi connectivity index (χ1n) is 9.82. The third kappa shape index (κ3) is 3.37. The summed E-state index contributed by atoms with van der Waals surface area (Å²) in [7, 11) is -3.57. The third-order valence-corrected chi connectivity index (χ3v) is 9.18. The lowest BCUT2D eigenvalue weighted by molar-refractivity contribution is 0.179. The molecule has 0 aliphatic heterocycles. The molecule has 0 radical (unpaired) electrons. The maximum atomic E-state index is 12.7. The Morgan fingerprint density at radius 3 is 2.79 bits per heavy atom. The van der Waals surface area contributed by atoms with Gasteiger partial charge in [-0.3, -0.25) is 4.72 Å². The largest absolute Gasteiger partial charge is 0.461 e. The van der Waals surface area contributed by atoms with Crippen molar-refractivity contribution in [3.8, 4) is 0 Å². The number of hydrogen-bond acceptors (Lipinski definition) is 4. The first kappa shape index (κ1) is 19.5. The molecular weight excluding hydrogens is 390 g/mol. The standard InChI is InChI=1S/C22H27NO3S2/c1-5-22(3,4)15-8-9-19-16(12-15)17-13-18(14(2)11-20(17)26-19)23-28(24,25)21-7-6-10-27-21/h6-7,10-11,13,15,23H,5,8-9,12H2,1-4H3. The van der Waals surface area contributed by atoms with Crippen LogP contribution in [0.5, 0.6) is 0 Å². The fourth-order valence-corrected chi connectivity index (χ4v) is 6.22. The Kier molecular flexibility index (Phi) is 4.82. The van der Waals surface area contributed by atoms with E-state index in [1.165, 1.54) is 16.9 Å². The molecule has 4 nitrogen and oxygen atoms in total. The van der Waals surface area contributed by atoms with Crippen LogP contribution in [0.4, 0.5) is 5.69 Å². The average Bonchev–Trinajstić information content (AvgIpc) is 3.30. The summed E-state index contributed by atoms with van der Waals surface area (Å²) in [6.45, 7) is 8.85. The number of fused-ring (bicyclic) bond motifs is 3. The predicted molar refractivity (Wildman–Crippen MR) is 116 cm³/mol. The number of hydrogen-bond donors (Lipinski definition) is 1. The van der Waals surface area contributed by atoms with Crippen LogP contribution in [0.1, 0.15) is 50.5 Å². The summed E-state index contributed by atoms with van der Waals surface area (Å²) in [5.41, 5.74) is 3.89. The second-order valence-corrected chi connectivity index (χ2v) is 11.3. The normalized spacial score (nSPS) is 17.6. The van der Waals surface area contributed by atoms with E-state index >= 15 is 0 Å². The number of benzene rings is 1. The summed E-state index contributed by atoms with van der Waals surface area (Å²) >= 11 is 1.22. The molecule has 1 aliphatic rings. The summed E-state index contributed by atoms with van der Waals surface area (Å²) in [6.07, 6.45) is 4.23. The van der Waals surface area contributed by atoms with Crippen molar-refractivity contribution < 1.29 is 12.8 Å². The molecule has 1 atom stereocenters. The van der Waals surface area contributed by atoms with Crippen molar-refractivity contribution in [2.45, 2.75) is 57.6 Å². The van der Waals surface area contributed by atoms with Crippen LogP contribution in [-0.4, -0.2) is 8.42 Å². The lowest BCUT2D eigenvalue weighted by atomic mass is 9.69. The summed E-state index contributed by atoms with van der Waals surface area (Å²) in [5, 5.41) is 2.81. The number of furan rings is 1. The number of sulfonamides is 1. The smallest absolute Gasteiger partial charge is 0.271 e. The molecular formula is C22H27NO3S2. The summed E-state index contributed by atoms with van der Waals surface area (Å²) in [5.74, 6) is 1.68. The lowest BCUT2D eigenvalue weighted by Gasteiger charge is -2.36. The van der Waals surface area contributed by atoms with Crippen molar-refractivity contribution in [3.63, 3.8) is 0 Å². The van der Waals surface area contributed by atoms with Gasteiger partial charge in [0.15, 0.2) is 0 Å². The number of nitrogens with one attached hydrogen (secondary N) is 1. The van der Waals surface area contributed by atoms with Gasteiger partial charge >= 0.3 is 0 Å². The molecule has 0 saturated carbocycles. The van der Waals surface area contributed by atoms with Crippen molar-refractivity contribution in [1.29, 1.82) is 0 Å². The Balaban J connectivity index is 1.74. The van der Waals surface area contributed by atoms with Crippen molar-refractivity contribution in [1.82, 2.24) is 0 Å². The molecule has 2 aromatic heterocycles. The average molecular weight is 418 g/mol. The van der Waals surface area contributed by atoms with Crippen molar-refractivity contribution in [3.05, 3.63) is 46.5 Å². The van der Waals surface area contributed by atoms with Gasteiger partial charge in [-0.05, 0) is 60.2 Å². The molecule has 0 spiro atoms. The van der Waals surface area contributed by atoms with Gasteiger partial charge in [0.2, 0.25) is 0 Å². The van der Waals surface area contributed by atoms with Gasteiger partial charge in [-0.2, -0.15) is 0 Å². The second kappa shape index (κ2) is 6.92. The lowest BCUT2D eigenvalue weighted by Crippen LogP contribution is -2.28. The van der Waals surface area contributed by atoms with Crippen LogP contribution in [0, 0.1) is 18.3 Å². The molecule has 150 valence electrons. The summed E-state index contributed by atoms with van der Waals surface area (Å²) < 4.78 is 34.6. The molecule has 0 fully saturated rings. The van der Waals surface area contributed by atoms with E-state index in [9.17, 15) is 8.42 Å². The van der Waals surface area contributed by atoms with E-state index in [1.807, 2.05) is 19.1 Å². The van der Waals surface area contributed by atoms with Crippen LogP contribution in [0.2, 0.25) is 0 Å². The Bertz CT molecular complexity index is 1110. The van der Waals surface area contributed by atoms with Gasteiger partial charge < -0.3 is 4.42 Å². The van der Waals surface area contributed by atoms with Crippen LogP contribution >= 0.6 is 11.3 Å². The molecule has 0 amide bonds. The quantitative estimate of drug-likeness (QED) is 0.542. The van der Waals surface area contributed by atoms with E-state index in [1.54, 1.807) is 17.5 Å². The Labute approximate surface area is 171 Å². The van der Waals surface area contributed by atoms with Crippen molar-refractivity contribution >= 4 is 38.0 Å². The second-order valence-electron chi connectivity index (χ2n) is 8.49. The number of aryl methyl sites for hydroxylation is 2. The van der Waals surface area contributed by atoms with Crippen molar-refractivity contribution in [2.24, 2.45) is 11.3 Å². The van der Waals surface area contributed by atoms with Gasteiger partial charge in [-0.25, -0.2) is 8.42 Å². The minimum atomic E-state index is -3.57. The number of anilines is 1. The SMILES string of the molecule is CCC(C)(C)C1CCc2oc3cc(C)c(NS(=O)(=O)c4cccs4)cc3c2C1. The van der Waals surface area contributed by atoms with Crippen LogP contribution < -0.4 is 4.72 Å². The van der Waals surface area contributed by atoms with Gasteiger partial charge in [0, 0.05) is 17.4 Å². The van der Waals surface area contributed by atoms with E-state index in [4.69, 9.17) is 4.42 Å². The zero-order valence-corrected chi connectivity index (χ0v) is 18.5. The highest BCUT2D eigenvalue weighted by atomic mass is 32.2. The Hall–Kier alpha value is -1.79. The number of rotatable bonds is 5. The molecule has 1 N–H and O–H groups in total. The van der Waals surface area contributed by atoms with E-state index in [2.05, 4.69) is 25.5 Å². The highest BCUT2D eigenvalue weighted by Crippen LogP contribution is 2.43. The van der Waals surface area contributed by atoms with Gasteiger partial charge in [-0.15, -0.1) is 11.3 Å². The highest BCUT2D eigenvalue weighted by molar-refractivity contribution is 7.94. The van der Waals surface area contributed by atoms with Gasteiger partial charge in [0.1, 0.15) is 15.6 Å².